The highest BCUT2D eigenvalue weighted by atomic mass is 19.1. The summed E-state index contributed by atoms with van der Waals surface area (Å²) in [5.41, 5.74) is 0.358. The third-order valence-corrected chi connectivity index (χ3v) is 2.28. The molecule has 19 heavy (non-hydrogen) atoms. The van der Waals surface area contributed by atoms with Gasteiger partial charge in [-0.05, 0) is 24.3 Å². The molecule has 1 rings (SSSR count). The van der Waals surface area contributed by atoms with Crippen LogP contribution < -0.4 is 5.32 Å². The monoisotopic (exact) mass is 262 g/mol. The zero-order valence-electron chi connectivity index (χ0n) is 10.4. The van der Waals surface area contributed by atoms with Gasteiger partial charge in [0, 0.05) is 18.8 Å². The van der Waals surface area contributed by atoms with Crippen molar-refractivity contribution in [2.45, 2.75) is 0 Å². The largest absolute Gasteiger partial charge is 0.327 e. The van der Waals surface area contributed by atoms with Gasteiger partial charge in [0.25, 0.3) is 0 Å². The number of anilines is 1. The van der Waals surface area contributed by atoms with Crippen LogP contribution >= 0.6 is 0 Å². The fourth-order valence-electron chi connectivity index (χ4n) is 1.41. The molecule has 0 saturated heterocycles. The van der Waals surface area contributed by atoms with E-state index < -0.39 is 17.6 Å². The van der Waals surface area contributed by atoms with E-state index in [0.717, 1.165) is 0 Å². The highest BCUT2D eigenvalue weighted by Crippen LogP contribution is 2.08. The van der Waals surface area contributed by atoms with Crippen LogP contribution in [-0.4, -0.2) is 29.8 Å². The van der Waals surface area contributed by atoms with Crippen LogP contribution in [0.1, 0.15) is 0 Å². The van der Waals surface area contributed by atoms with Gasteiger partial charge >= 0.3 is 11.8 Å². The fourth-order valence-corrected chi connectivity index (χ4v) is 1.41. The van der Waals surface area contributed by atoms with Gasteiger partial charge in [0.2, 0.25) is 0 Å². The molecule has 5 heteroatoms. The van der Waals surface area contributed by atoms with Crippen molar-refractivity contribution in [1.29, 1.82) is 0 Å². The molecule has 0 spiro atoms. The first-order chi connectivity index (χ1) is 9.08. The molecule has 1 aromatic carbocycles. The number of halogens is 1. The molecule has 4 nitrogen and oxygen atoms in total. The lowest BCUT2D eigenvalue weighted by atomic mass is 10.3. The smallest absolute Gasteiger partial charge is 0.313 e. The third-order valence-electron chi connectivity index (χ3n) is 2.28. The summed E-state index contributed by atoms with van der Waals surface area (Å²) in [6.07, 6.45) is 3.04. The van der Waals surface area contributed by atoms with E-state index in [1.165, 1.54) is 41.3 Å². The van der Waals surface area contributed by atoms with Gasteiger partial charge in [-0.25, -0.2) is 4.39 Å². The van der Waals surface area contributed by atoms with Gasteiger partial charge in [0.15, 0.2) is 0 Å². The van der Waals surface area contributed by atoms with Crippen molar-refractivity contribution in [2.24, 2.45) is 0 Å². The average molecular weight is 262 g/mol. The lowest BCUT2D eigenvalue weighted by molar-refractivity contribution is -0.142. The molecule has 100 valence electrons. The molecule has 0 aliphatic heterocycles. The number of carbonyl (C=O) groups excluding carboxylic acids is 2. The van der Waals surface area contributed by atoms with Gasteiger partial charge in [-0.1, -0.05) is 12.2 Å². The topological polar surface area (TPSA) is 49.4 Å². The lowest BCUT2D eigenvalue weighted by Crippen LogP contribution is -2.39. The van der Waals surface area contributed by atoms with Crippen LogP contribution in [0.2, 0.25) is 0 Å². The van der Waals surface area contributed by atoms with Crippen LogP contribution in [0, 0.1) is 5.82 Å². The van der Waals surface area contributed by atoms with E-state index in [4.69, 9.17) is 0 Å². The Labute approximate surface area is 111 Å². The van der Waals surface area contributed by atoms with Crippen molar-refractivity contribution >= 4 is 17.5 Å². The van der Waals surface area contributed by atoms with E-state index in [0.29, 0.717) is 5.69 Å². The van der Waals surface area contributed by atoms with Crippen LogP contribution in [0.15, 0.2) is 49.6 Å². The molecular formula is C14H15FN2O2. The summed E-state index contributed by atoms with van der Waals surface area (Å²) in [6, 6.07) is 5.16. The molecule has 1 N–H and O–H groups in total. The Morgan fingerprint density at radius 3 is 2.16 bits per heavy atom. The Hall–Kier alpha value is -2.43. The van der Waals surface area contributed by atoms with E-state index in [-0.39, 0.29) is 13.1 Å². The molecule has 2 amide bonds. The van der Waals surface area contributed by atoms with Gasteiger partial charge in [0.05, 0.1) is 0 Å². The molecule has 0 aliphatic carbocycles. The summed E-state index contributed by atoms with van der Waals surface area (Å²) < 4.78 is 12.7. The second kappa shape index (κ2) is 7.10. The number of nitrogens with one attached hydrogen (secondary N) is 1. The Morgan fingerprint density at radius 2 is 1.68 bits per heavy atom. The van der Waals surface area contributed by atoms with Crippen molar-refractivity contribution in [3.63, 3.8) is 0 Å². The van der Waals surface area contributed by atoms with Crippen LogP contribution in [0.5, 0.6) is 0 Å². The number of nitrogens with zero attached hydrogens (tertiary/aromatic N) is 1. The van der Waals surface area contributed by atoms with Gasteiger partial charge in [-0.3, -0.25) is 9.59 Å². The number of benzene rings is 1. The van der Waals surface area contributed by atoms with E-state index in [2.05, 4.69) is 18.5 Å². The second-order valence-electron chi connectivity index (χ2n) is 3.75. The van der Waals surface area contributed by atoms with Crippen molar-refractivity contribution in [3.05, 3.63) is 55.4 Å². The van der Waals surface area contributed by atoms with E-state index >= 15 is 0 Å². The molecule has 0 unspecified atom stereocenters. The Kier molecular flexibility index (Phi) is 5.47. The normalized spacial score (nSPS) is 9.53. The Bertz CT molecular complexity index is 473. The van der Waals surface area contributed by atoms with Gasteiger partial charge in [-0.15, -0.1) is 13.2 Å². The first-order valence-electron chi connectivity index (χ1n) is 5.66. The zero-order chi connectivity index (χ0) is 14.3. The quantitative estimate of drug-likeness (QED) is 0.651. The minimum atomic E-state index is -0.782. The average Bonchev–Trinajstić information content (AvgIpc) is 2.40. The minimum Gasteiger partial charge on any atom is -0.327 e. The van der Waals surface area contributed by atoms with Gasteiger partial charge in [-0.2, -0.15) is 0 Å². The Balaban J connectivity index is 2.70. The standard InChI is InChI=1S/C14H15FN2O2/c1-3-9-17(10-4-2)14(19)13(18)16-12-7-5-11(15)6-8-12/h3-8H,1-2,9-10H2,(H,16,18). The SMILES string of the molecule is C=CCN(CC=C)C(=O)C(=O)Nc1ccc(F)cc1. The number of rotatable bonds is 5. The molecule has 0 heterocycles. The van der Waals surface area contributed by atoms with E-state index in [9.17, 15) is 14.0 Å². The predicted molar refractivity (Wildman–Crippen MR) is 72.0 cm³/mol. The summed E-state index contributed by atoms with van der Waals surface area (Å²) in [5.74, 6) is -1.89. The van der Waals surface area contributed by atoms with Crippen LogP contribution in [0.4, 0.5) is 10.1 Å². The van der Waals surface area contributed by atoms with Crippen molar-refractivity contribution in [3.8, 4) is 0 Å². The molecular weight excluding hydrogens is 247 g/mol. The maximum atomic E-state index is 12.7. The second-order valence-corrected chi connectivity index (χ2v) is 3.75. The van der Waals surface area contributed by atoms with Crippen molar-refractivity contribution in [2.75, 3.05) is 18.4 Å². The van der Waals surface area contributed by atoms with Crippen LogP contribution in [0.25, 0.3) is 0 Å². The number of amides is 2. The summed E-state index contributed by atoms with van der Waals surface area (Å²) in [7, 11) is 0. The molecule has 0 aliphatic rings. The first kappa shape index (κ1) is 14.6. The number of hydrogen-bond acceptors (Lipinski definition) is 2. The van der Waals surface area contributed by atoms with Crippen molar-refractivity contribution < 1.29 is 14.0 Å². The summed E-state index contributed by atoms with van der Waals surface area (Å²) in [5, 5.41) is 2.40. The Morgan fingerprint density at radius 1 is 1.16 bits per heavy atom. The highest BCUT2D eigenvalue weighted by molar-refractivity contribution is 6.39. The van der Waals surface area contributed by atoms with Crippen molar-refractivity contribution in [1.82, 2.24) is 4.90 Å². The molecule has 1 aromatic rings. The van der Waals surface area contributed by atoms with Crippen LogP contribution in [-0.2, 0) is 9.59 Å². The predicted octanol–water partition coefficient (Wildman–Crippen LogP) is 1.96. The molecule has 0 bridgehead atoms. The minimum absolute atomic E-state index is 0.252. The lowest BCUT2D eigenvalue weighted by Gasteiger charge is -2.18. The maximum Gasteiger partial charge on any atom is 0.313 e. The number of carbonyl (C=O) groups is 2. The molecule has 0 fully saturated rings. The van der Waals surface area contributed by atoms with E-state index in [1.807, 2.05) is 0 Å². The summed E-state index contributed by atoms with van der Waals surface area (Å²) in [6.45, 7) is 7.54. The third kappa shape index (κ3) is 4.39. The summed E-state index contributed by atoms with van der Waals surface area (Å²) in [4.78, 5) is 24.9. The highest BCUT2D eigenvalue weighted by Gasteiger charge is 2.19. The zero-order valence-corrected chi connectivity index (χ0v) is 10.4. The fraction of sp³-hybridized carbons (Fsp3) is 0.143. The van der Waals surface area contributed by atoms with Gasteiger partial charge < -0.3 is 10.2 Å². The molecule has 0 atom stereocenters. The van der Waals surface area contributed by atoms with Gasteiger partial charge in [0.1, 0.15) is 5.82 Å². The number of hydrogen-bond donors (Lipinski definition) is 1. The first-order valence-corrected chi connectivity index (χ1v) is 5.66. The molecule has 0 aromatic heterocycles. The maximum absolute atomic E-state index is 12.7. The molecule has 0 radical (unpaired) electrons. The summed E-state index contributed by atoms with van der Waals surface area (Å²) >= 11 is 0. The van der Waals surface area contributed by atoms with E-state index in [1.54, 1.807) is 0 Å². The van der Waals surface area contributed by atoms with Crippen LogP contribution in [0.3, 0.4) is 0 Å². The molecule has 0 saturated carbocycles.